The summed E-state index contributed by atoms with van der Waals surface area (Å²) in [5.74, 6) is 0.443. The van der Waals surface area contributed by atoms with Gasteiger partial charge in [-0.25, -0.2) is 9.37 Å². The summed E-state index contributed by atoms with van der Waals surface area (Å²) in [6, 6.07) is 16.5. The zero-order valence-electron chi connectivity index (χ0n) is 16.8. The zero-order chi connectivity index (χ0) is 20.7. The Morgan fingerprint density at radius 1 is 1.13 bits per heavy atom. The summed E-state index contributed by atoms with van der Waals surface area (Å²) in [5.41, 5.74) is 1.53. The van der Waals surface area contributed by atoms with E-state index in [1.165, 1.54) is 6.07 Å². The molecule has 0 radical (unpaired) electrons. The Morgan fingerprint density at radius 2 is 1.87 bits per heavy atom. The van der Waals surface area contributed by atoms with Crippen LogP contribution in [0.25, 0.3) is 10.4 Å². The quantitative estimate of drug-likeness (QED) is 0.558. The van der Waals surface area contributed by atoms with E-state index >= 15 is 0 Å². The number of aryl methyl sites for hydroxylation is 1. The van der Waals surface area contributed by atoms with Gasteiger partial charge in [0, 0.05) is 6.04 Å². The molecule has 2 bridgehead atoms. The van der Waals surface area contributed by atoms with Crippen molar-refractivity contribution in [3.05, 3.63) is 71.1 Å². The lowest BCUT2D eigenvalue weighted by atomic mass is 9.70. The van der Waals surface area contributed by atoms with E-state index in [1.54, 1.807) is 29.5 Å². The van der Waals surface area contributed by atoms with E-state index in [9.17, 15) is 9.18 Å². The molecule has 1 unspecified atom stereocenters. The number of halogens is 1. The highest BCUT2D eigenvalue weighted by molar-refractivity contribution is 7.15. The number of hydrogen-bond donors (Lipinski definition) is 0. The summed E-state index contributed by atoms with van der Waals surface area (Å²) in [6.45, 7) is 2.23. The average Bonchev–Trinajstić information content (AvgIpc) is 3.14. The van der Waals surface area contributed by atoms with Crippen LogP contribution in [0.3, 0.4) is 0 Å². The van der Waals surface area contributed by atoms with Gasteiger partial charge in [0.05, 0.1) is 15.9 Å². The van der Waals surface area contributed by atoms with Crippen molar-refractivity contribution in [1.82, 2.24) is 9.88 Å². The maximum Gasteiger partial charge on any atom is 0.274 e. The van der Waals surface area contributed by atoms with Crippen molar-refractivity contribution in [1.29, 1.82) is 0 Å². The van der Waals surface area contributed by atoms with Crippen LogP contribution in [-0.2, 0) is 0 Å². The van der Waals surface area contributed by atoms with Gasteiger partial charge in [-0.1, -0.05) is 42.5 Å². The molecule has 1 amide bonds. The molecule has 2 aliphatic heterocycles. The van der Waals surface area contributed by atoms with Crippen molar-refractivity contribution in [3.8, 4) is 16.2 Å². The van der Waals surface area contributed by atoms with Crippen molar-refractivity contribution in [3.63, 3.8) is 0 Å². The first-order valence-corrected chi connectivity index (χ1v) is 11.1. The number of rotatable bonds is 5. The smallest absolute Gasteiger partial charge is 0.274 e. The minimum Gasteiger partial charge on any atom is -0.488 e. The predicted octanol–water partition coefficient (Wildman–Crippen LogP) is 5.33. The summed E-state index contributed by atoms with van der Waals surface area (Å²) in [6.07, 6.45) is 2.96. The molecule has 4 nitrogen and oxygen atoms in total. The Bertz CT molecular complexity index is 1060. The van der Waals surface area contributed by atoms with Crippen LogP contribution in [0.15, 0.2) is 54.6 Å². The summed E-state index contributed by atoms with van der Waals surface area (Å²) in [7, 11) is 0. The number of amides is 1. The van der Waals surface area contributed by atoms with Crippen molar-refractivity contribution < 1.29 is 13.9 Å². The molecule has 3 fully saturated rings. The molecule has 0 spiro atoms. The molecule has 1 aliphatic carbocycles. The lowest BCUT2D eigenvalue weighted by Gasteiger charge is -2.53. The van der Waals surface area contributed by atoms with Gasteiger partial charge in [-0.05, 0) is 49.8 Å². The number of benzene rings is 2. The first kappa shape index (κ1) is 19.2. The standard InChI is InChI=1S/C24H23FN2O2S/c1-15-26-22(23(30-15)17-7-3-2-4-8-17)24(28)27-18-11-16(12-18)13-19(27)14-29-21-10-6-5-9-20(21)25/h2-10,16,18-19H,11-14H2,1H3. The molecular formula is C24H23FN2O2S. The lowest BCUT2D eigenvalue weighted by molar-refractivity contribution is -0.0311. The van der Waals surface area contributed by atoms with Crippen molar-refractivity contribution in [2.45, 2.75) is 38.3 Å². The van der Waals surface area contributed by atoms with Crippen LogP contribution >= 0.6 is 11.3 Å². The SMILES string of the molecule is Cc1nc(C(=O)N2C(COc3ccccc3F)CC3CC2C3)c(-c2ccccc2)s1. The van der Waals surface area contributed by atoms with Crippen LogP contribution in [0.1, 0.15) is 34.8 Å². The maximum absolute atomic E-state index is 14.0. The van der Waals surface area contributed by atoms with Gasteiger partial charge in [-0.3, -0.25) is 4.79 Å². The summed E-state index contributed by atoms with van der Waals surface area (Å²) in [4.78, 5) is 21.1. The average molecular weight is 423 g/mol. The van der Waals surface area contributed by atoms with Crippen LogP contribution in [0.5, 0.6) is 5.75 Å². The van der Waals surface area contributed by atoms with E-state index < -0.39 is 0 Å². The topological polar surface area (TPSA) is 42.4 Å². The minimum absolute atomic E-state index is 0.0384. The number of piperidine rings is 2. The van der Waals surface area contributed by atoms with Crippen molar-refractivity contribution >= 4 is 17.2 Å². The number of hydrogen-bond acceptors (Lipinski definition) is 4. The maximum atomic E-state index is 14.0. The number of ether oxygens (including phenoxy) is 1. The van der Waals surface area contributed by atoms with Crippen LogP contribution in [0, 0.1) is 18.7 Å². The highest BCUT2D eigenvalue weighted by Gasteiger charge is 2.47. The van der Waals surface area contributed by atoms with Gasteiger partial charge < -0.3 is 9.64 Å². The monoisotopic (exact) mass is 422 g/mol. The molecule has 2 aromatic carbocycles. The van der Waals surface area contributed by atoms with Gasteiger partial charge in [-0.15, -0.1) is 11.3 Å². The summed E-state index contributed by atoms with van der Waals surface area (Å²) >= 11 is 1.55. The first-order valence-electron chi connectivity index (χ1n) is 10.3. The molecule has 0 N–H and O–H groups in total. The molecule has 3 heterocycles. The number of fused-ring (bicyclic) bond motifs is 2. The number of thiazole rings is 1. The van der Waals surface area contributed by atoms with E-state index in [0.29, 0.717) is 18.2 Å². The number of nitrogens with zero attached hydrogens (tertiary/aromatic N) is 2. The largest absolute Gasteiger partial charge is 0.488 e. The van der Waals surface area contributed by atoms with E-state index in [2.05, 4.69) is 4.98 Å². The first-order chi connectivity index (χ1) is 14.6. The number of carbonyl (C=O) groups excluding carboxylic acids is 1. The van der Waals surface area contributed by atoms with E-state index in [4.69, 9.17) is 4.74 Å². The summed E-state index contributed by atoms with van der Waals surface area (Å²) < 4.78 is 19.8. The van der Waals surface area contributed by atoms with Gasteiger partial charge in [0.1, 0.15) is 12.3 Å². The van der Waals surface area contributed by atoms with Gasteiger partial charge in [0.25, 0.3) is 5.91 Å². The Hall–Kier alpha value is -2.73. The third kappa shape index (κ3) is 3.49. The Kier molecular flexibility index (Phi) is 5.03. The molecule has 1 saturated carbocycles. The van der Waals surface area contributed by atoms with E-state index in [-0.39, 0.29) is 29.6 Å². The fourth-order valence-electron chi connectivity index (χ4n) is 4.62. The van der Waals surface area contributed by atoms with Gasteiger partial charge in [0.15, 0.2) is 11.6 Å². The molecule has 2 saturated heterocycles. The summed E-state index contributed by atoms with van der Waals surface area (Å²) in [5, 5.41) is 0.875. The van der Waals surface area contributed by atoms with Crippen LogP contribution < -0.4 is 4.74 Å². The van der Waals surface area contributed by atoms with Gasteiger partial charge >= 0.3 is 0 Å². The van der Waals surface area contributed by atoms with Crippen LogP contribution in [0.2, 0.25) is 0 Å². The van der Waals surface area contributed by atoms with Crippen molar-refractivity contribution in [2.24, 2.45) is 5.92 Å². The second kappa shape index (κ2) is 7.84. The predicted molar refractivity (Wildman–Crippen MR) is 115 cm³/mol. The fraction of sp³-hybridized carbons (Fsp3) is 0.333. The second-order valence-electron chi connectivity index (χ2n) is 8.11. The fourth-order valence-corrected chi connectivity index (χ4v) is 5.54. The van der Waals surface area contributed by atoms with Gasteiger partial charge in [0.2, 0.25) is 0 Å². The molecule has 6 heteroatoms. The number of aromatic nitrogens is 1. The lowest BCUT2D eigenvalue weighted by Crippen LogP contribution is -2.60. The molecule has 1 atom stereocenters. The van der Waals surface area contributed by atoms with Crippen molar-refractivity contribution in [2.75, 3.05) is 6.61 Å². The second-order valence-corrected chi connectivity index (χ2v) is 9.31. The normalized spacial score (nSPS) is 22.5. The highest BCUT2D eigenvalue weighted by atomic mass is 32.1. The van der Waals surface area contributed by atoms with E-state index in [0.717, 1.165) is 34.7 Å². The molecule has 1 aromatic heterocycles. The third-order valence-electron chi connectivity index (χ3n) is 6.08. The molecule has 3 aliphatic rings. The minimum atomic E-state index is -0.377. The molecule has 6 rings (SSSR count). The molecular weight excluding hydrogens is 399 g/mol. The molecule has 3 aromatic rings. The Labute approximate surface area is 179 Å². The van der Waals surface area contributed by atoms with Crippen LogP contribution in [0.4, 0.5) is 4.39 Å². The molecule has 30 heavy (non-hydrogen) atoms. The Balaban J connectivity index is 1.42. The highest BCUT2D eigenvalue weighted by Crippen LogP contribution is 2.44. The third-order valence-corrected chi connectivity index (χ3v) is 7.10. The zero-order valence-corrected chi connectivity index (χ0v) is 17.6. The van der Waals surface area contributed by atoms with Gasteiger partial charge in [-0.2, -0.15) is 0 Å². The number of para-hydroxylation sites is 1. The van der Waals surface area contributed by atoms with Crippen LogP contribution in [-0.4, -0.2) is 34.5 Å². The van der Waals surface area contributed by atoms with E-state index in [1.807, 2.05) is 42.2 Å². The Morgan fingerprint density at radius 3 is 2.63 bits per heavy atom. The number of carbonyl (C=O) groups is 1. The molecule has 154 valence electrons.